The Hall–Kier alpha value is -7.94. The summed E-state index contributed by atoms with van der Waals surface area (Å²) in [6, 6.07) is 81.5. The summed E-state index contributed by atoms with van der Waals surface area (Å²) in [7, 11) is 0. The predicted molar refractivity (Wildman–Crippen MR) is 265 cm³/mol. The first-order valence-corrected chi connectivity index (χ1v) is 21.8. The van der Waals surface area contributed by atoms with Crippen molar-refractivity contribution in [2.24, 2.45) is 0 Å². The van der Waals surface area contributed by atoms with Gasteiger partial charge >= 0.3 is 0 Å². The smallest absolute Gasteiger partial charge is 0.143 e. The molecule has 0 radical (unpaired) electrons. The molecule has 0 bridgehead atoms. The van der Waals surface area contributed by atoms with E-state index in [0.717, 1.165) is 61.1 Å². The van der Waals surface area contributed by atoms with Crippen molar-refractivity contribution in [1.82, 2.24) is 0 Å². The molecule has 2 nitrogen and oxygen atoms in total. The maximum Gasteiger partial charge on any atom is 0.143 e. The van der Waals surface area contributed by atoms with E-state index >= 15 is 0 Å². The summed E-state index contributed by atoms with van der Waals surface area (Å²) in [5.74, 6) is 0. The lowest BCUT2D eigenvalue weighted by Crippen LogP contribution is -2.16. The van der Waals surface area contributed by atoms with Crippen molar-refractivity contribution in [3.63, 3.8) is 0 Å². The van der Waals surface area contributed by atoms with Gasteiger partial charge in [0.05, 0.1) is 11.4 Å². The first-order chi connectivity index (χ1) is 31.0. The summed E-state index contributed by atoms with van der Waals surface area (Å²) in [6.07, 6.45) is 0. The van der Waals surface area contributed by atoms with Gasteiger partial charge in [-0.05, 0) is 91.9 Å². The molecule has 63 heavy (non-hydrogen) atoms. The molecule has 1 aromatic heterocycles. The van der Waals surface area contributed by atoms with Gasteiger partial charge in [0.15, 0.2) is 0 Å². The zero-order chi connectivity index (χ0) is 42.1. The second kappa shape index (κ2) is 14.6. The first kappa shape index (κ1) is 36.9. The fourth-order valence-electron chi connectivity index (χ4n) is 10.2. The summed E-state index contributed by atoms with van der Waals surface area (Å²) in [6.45, 7) is 4.71. The van der Waals surface area contributed by atoms with Crippen LogP contribution in [0.3, 0.4) is 0 Å². The van der Waals surface area contributed by atoms with Gasteiger partial charge in [0.1, 0.15) is 11.2 Å². The summed E-state index contributed by atoms with van der Waals surface area (Å²) >= 11 is 0. The number of furan rings is 1. The monoisotopic (exact) mass is 805 g/mol. The van der Waals surface area contributed by atoms with Gasteiger partial charge in [-0.1, -0.05) is 202 Å². The maximum atomic E-state index is 6.97. The van der Waals surface area contributed by atoms with E-state index in [0.29, 0.717) is 0 Å². The van der Waals surface area contributed by atoms with Crippen LogP contribution in [0, 0.1) is 0 Å². The average Bonchev–Trinajstić information content (AvgIpc) is 3.85. The van der Waals surface area contributed by atoms with Crippen LogP contribution in [0.1, 0.15) is 25.0 Å². The third-order valence-corrected chi connectivity index (χ3v) is 13.3. The Morgan fingerprint density at radius 1 is 0.349 bits per heavy atom. The molecule has 10 aromatic carbocycles. The third kappa shape index (κ3) is 5.94. The van der Waals surface area contributed by atoms with Crippen LogP contribution in [0.25, 0.3) is 88.3 Å². The number of hydrogen-bond acceptors (Lipinski definition) is 2. The van der Waals surface area contributed by atoms with E-state index in [2.05, 4.69) is 243 Å². The Balaban J connectivity index is 1.05. The molecular weight excluding hydrogens is 763 g/mol. The highest BCUT2D eigenvalue weighted by molar-refractivity contribution is 6.18. The van der Waals surface area contributed by atoms with Crippen molar-refractivity contribution in [3.05, 3.63) is 236 Å². The average molecular weight is 806 g/mol. The van der Waals surface area contributed by atoms with Crippen LogP contribution in [0.4, 0.5) is 17.1 Å². The summed E-state index contributed by atoms with van der Waals surface area (Å²) in [4.78, 5) is 2.47. The highest BCUT2D eigenvalue weighted by Crippen LogP contribution is 2.55. The molecule has 0 saturated carbocycles. The Kier molecular flexibility index (Phi) is 8.55. The highest BCUT2D eigenvalue weighted by Gasteiger charge is 2.38. The SMILES string of the molecule is CC1(C)c2ccccc2-c2c(N(c3ccc(-c4ccc(-c5ccccc5)c(-c5ccccc5)c4)cc3)c3ccccc3-c3cccc4c3oc3c5ccccc5ccc43)cccc21. The molecule has 0 aliphatic heterocycles. The molecule has 0 N–H and O–H groups in total. The topological polar surface area (TPSA) is 16.4 Å². The zero-order valence-electron chi connectivity index (χ0n) is 35.2. The van der Waals surface area contributed by atoms with Crippen LogP contribution in [0.5, 0.6) is 0 Å². The number of benzene rings is 10. The predicted octanol–water partition coefficient (Wildman–Crippen LogP) is 17.2. The summed E-state index contributed by atoms with van der Waals surface area (Å²) in [5.41, 5.74) is 19.5. The van der Waals surface area contributed by atoms with Crippen molar-refractivity contribution < 1.29 is 4.42 Å². The van der Waals surface area contributed by atoms with Gasteiger partial charge < -0.3 is 9.32 Å². The van der Waals surface area contributed by atoms with Crippen molar-refractivity contribution in [3.8, 4) is 55.6 Å². The quantitative estimate of drug-likeness (QED) is 0.160. The number of rotatable bonds is 7. The third-order valence-electron chi connectivity index (χ3n) is 13.3. The first-order valence-electron chi connectivity index (χ1n) is 21.8. The van der Waals surface area contributed by atoms with Gasteiger partial charge in [-0.25, -0.2) is 0 Å². The van der Waals surface area contributed by atoms with E-state index in [1.54, 1.807) is 0 Å². The second-order valence-electron chi connectivity index (χ2n) is 17.2. The molecule has 1 aliphatic rings. The van der Waals surface area contributed by atoms with Gasteiger partial charge in [0.2, 0.25) is 0 Å². The molecule has 298 valence electrons. The molecule has 2 heteroatoms. The minimum absolute atomic E-state index is 0.151. The van der Waals surface area contributed by atoms with E-state index in [-0.39, 0.29) is 5.41 Å². The Labute approximate surface area is 368 Å². The van der Waals surface area contributed by atoms with E-state index in [1.165, 1.54) is 55.5 Å². The Morgan fingerprint density at radius 2 is 0.937 bits per heavy atom. The molecule has 12 rings (SSSR count). The van der Waals surface area contributed by atoms with Gasteiger partial charge in [-0.3, -0.25) is 0 Å². The van der Waals surface area contributed by atoms with Crippen LogP contribution < -0.4 is 4.90 Å². The molecule has 11 aromatic rings. The van der Waals surface area contributed by atoms with Gasteiger partial charge in [-0.2, -0.15) is 0 Å². The summed E-state index contributed by atoms with van der Waals surface area (Å²) < 4.78 is 6.97. The van der Waals surface area contributed by atoms with Crippen LogP contribution in [0.15, 0.2) is 229 Å². The summed E-state index contributed by atoms with van der Waals surface area (Å²) in [5, 5.41) is 4.54. The highest BCUT2D eigenvalue weighted by atomic mass is 16.3. The fourth-order valence-corrected chi connectivity index (χ4v) is 10.2. The molecule has 0 amide bonds. The Bertz CT molecular complexity index is 3520. The second-order valence-corrected chi connectivity index (χ2v) is 17.2. The normalized spacial score (nSPS) is 12.7. The van der Waals surface area contributed by atoms with Gasteiger partial charge in [-0.15, -0.1) is 0 Å². The zero-order valence-corrected chi connectivity index (χ0v) is 35.2. The van der Waals surface area contributed by atoms with Crippen molar-refractivity contribution in [2.45, 2.75) is 19.3 Å². The molecule has 0 saturated heterocycles. The number of anilines is 3. The Morgan fingerprint density at radius 3 is 1.75 bits per heavy atom. The molecular formula is C61H43NO. The van der Waals surface area contributed by atoms with Crippen molar-refractivity contribution in [2.75, 3.05) is 4.90 Å². The molecule has 1 aliphatic carbocycles. The number of para-hydroxylation sites is 2. The van der Waals surface area contributed by atoms with E-state index in [9.17, 15) is 0 Å². The van der Waals surface area contributed by atoms with Crippen LogP contribution in [-0.2, 0) is 5.41 Å². The molecule has 1 heterocycles. The van der Waals surface area contributed by atoms with Crippen molar-refractivity contribution in [1.29, 1.82) is 0 Å². The lowest BCUT2D eigenvalue weighted by Gasteiger charge is -2.30. The van der Waals surface area contributed by atoms with E-state index in [1.807, 2.05) is 0 Å². The lowest BCUT2D eigenvalue weighted by atomic mass is 9.82. The molecule has 0 atom stereocenters. The largest absolute Gasteiger partial charge is 0.455 e. The lowest BCUT2D eigenvalue weighted by molar-refractivity contribution is 0.660. The van der Waals surface area contributed by atoms with Crippen LogP contribution in [0.2, 0.25) is 0 Å². The number of fused-ring (bicyclic) bond motifs is 8. The van der Waals surface area contributed by atoms with Crippen LogP contribution >= 0.6 is 0 Å². The standard InChI is InChI=1S/C61H43NO/c1-61(2)54-27-13-11-24-52(54)58-55(61)28-16-30-57(58)62(45-35-31-40(32-36-45)44-34-37-46(41-17-5-3-6-18-41)53(39-44)42-19-7-4-8-20-42)56-29-14-12-23-48(56)49-25-15-26-50-51-38-33-43-21-9-10-22-47(43)59(51)63-60(49)50/h3-39H,1-2H3. The van der Waals surface area contributed by atoms with Crippen LogP contribution in [-0.4, -0.2) is 0 Å². The van der Waals surface area contributed by atoms with E-state index < -0.39 is 0 Å². The fraction of sp³-hybridized carbons (Fsp3) is 0.0492. The molecule has 0 spiro atoms. The molecule has 0 fully saturated rings. The molecule has 0 unspecified atom stereocenters. The van der Waals surface area contributed by atoms with Crippen molar-refractivity contribution >= 4 is 49.8 Å². The van der Waals surface area contributed by atoms with Gasteiger partial charge in [0.25, 0.3) is 0 Å². The minimum Gasteiger partial charge on any atom is -0.455 e. The number of nitrogens with zero attached hydrogens (tertiary/aromatic N) is 1. The van der Waals surface area contributed by atoms with E-state index in [4.69, 9.17) is 4.42 Å². The maximum absolute atomic E-state index is 6.97. The minimum atomic E-state index is -0.151. The number of hydrogen-bond donors (Lipinski definition) is 0. The van der Waals surface area contributed by atoms with Gasteiger partial charge in [0, 0.05) is 44.0 Å².